The molecule has 4 nitrogen and oxygen atoms in total. The van der Waals surface area contributed by atoms with Crippen molar-refractivity contribution >= 4 is 5.97 Å². The van der Waals surface area contributed by atoms with Crippen molar-refractivity contribution in [2.24, 2.45) is 0 Å². The summed E-state index contributed by atoms with van der Waals surface area (Å²) in [5.74, 6) is -0.651. The normalized spacial score (nSPS) is 16.5. The molecule has 0 aliphatic heterocycles. The Morgan fingerprint density at radius 1 is 1.38 bits per heavy atom. The fourth-order valence-corrected chi connectivity index (χ4v) is 0.794. The maximum absolute atomic E-state index is 11.3. The lowest BCUT2D eigenvalue weighted by atomic mass is 10.2. The molecule has 0 rings (SSSR count). The number of nitrogens with one attached hydrogen (secondary N) is 1. The van der Waals surface area contributed by atoms with Gasteiger partial charge in [-0.2, -0.15) is 0 Å². The van der Waals surface area contributed by atoms with E-state index in [1.54, 1.807) is 27.7 Å². The fraction of sp³-hybridized carbons (Fsp3) is 0.889. The lowest BCUT2D eigenvalue weighted by molar-refractivity contribution is -0.178. The van der Waals surface area contributed by atoms with Crippen molar-refractivity contribution in [3.05, 3.63) is 0 Å². The molecule has 0 spiro atoms. The van der Waals surface area contributed by atoms with Gasteiger partial charge in [-0.25, -0.2) is 4.79 Å². The standard InChI is InChI=1S/C9H19NO3/c1-6-10-9(5,12)7(11)13-8(2,3)4/h10,12H,6H2,1-5H3. The Morgan fingerprint density at radius 2 is 1.85 bits per heavy atom. The highest BCUT2D eigenvalue weighted by Gasteiger charge is 2.33. The first-order valence-corrected chi connectivity index (χ1v) is 4.40. The van der Waals surface area contributed by atoms with Gasteiger partial charge in [0.15, 0.2) is 0 Å². The molecule has 78 valence electrons. The molecule has 0 fully saturated rings. The molecule has 0 aromatic carbocycles. The van der Waals surface area contributed by atoms with Crippen LogP contribution in [0.5, 0.6) is 0 Å². The third-order valence-electron chi connectivity index (χ3n) is 1.32. The number of hydrogen-bond donors (Lipinski definition) is 2. The molecular weight excluding hydrogens is 170 g/mol. The van der Waals surface area contributed by atoms with Gasteiger partial charge in [-0.15, -0.1) is 0 Å². The highest BCUT2D eigenvalue weighted by molar-refractivity contribution is 5.78. The van der Waals surface area contributed by atoms with Crippen molar-refractivity contribution in [2.75, 3.05) is 6.54 Å². The summed E-state index contributed by atoms with van der Waals surface area (Å²) in [4.78, 5) is 11.3. The number of esters is 1. The van der Waals surface area contributed by atoms with Gasteiger partial charge in [0.2, 0.25) is 5.72 Å². The molecule has 0 aliphatic carbocycles. The van der Waals surface area contributed by atoms with E-state index in [1.807, 2.05) is 0 Å². The van der Waals surface area contributed by atoms with E-state index in [-0.39, 0.29) is 0 Å². The van der Waals surface area contributed by atoms with Crippen LogP contribution in [-0.2, 0) is 9.53 Å². The van der Waals surface area contributed by atoms with Gasteiger partial charge in [-0.1, -0.05) is 6.92 Å². The Kier molecular flexibility index (Phi) is 3.88. The van der Waals surface area contributed by atoms with Crippen LogP contribution in [0.1, 0.15) is 34.6 Å². The lowest BCUT2D eigenvalue weighted by Crippen LogP contribution is -2.52. The number of carbonyl (C=O) groups is 1. The average Bonchev–Trinajstić information content (AvgIpc) is 1.82. The van der Waals surface area contributed by atoms with Crippen LogP contribution in [-0.4, -0.2) is 28.9 Å². The van der Waals surface area contributed by atoms with E-state index in [1.165, 1.54) is 6.92 Å². The Hall–Kier alpha value is -0.610. The molecule has 0 radical (unpaired) electrons. The summed E-state index contributed by atoms with van der Waals surface area (Å²) in [7, 11) is 0. The zero-order valence-electron chi connectivity index (χ0n) is 8.97. The van der Waals surface area contributed by atoms with Crippen LogP contribution in [0.4, 0.5) is 0 Å². The van der Waals surface area contributed by atoms with Crippen LogP contribution in [0.3, 0.4) is 0 Å². The van der Waals surface area contributed by atoms with E-state index >= 15 is 0 Å². The molecule has 0 aliphatic rings. The maximum atomic E-state index is 11.3. The van der Waals surface area contributed by atoms with Crippen LogP contribution >= 0.6 is 0 Å². The highest BCUT2D eigenvalue weighted by Crippen LogP contribution is 2.11. The summed E-state index contributed by atoms with van der Waals surface area (Å²) < 4.78 is 5.00. The molecule has 1 atom stereocenters. The van der Waals surface area contributed by atoms with Crippen molar-refractivity contribution in [2.45, 2.75) is 45.9 Å². The molecule has 0 saturated carbocycles. The summed E-state index contributed by atoms with van der Waals surface area (Å²) in [5.41, 5.74) is -2.17. The Bertz CT molecular complexity index is 182. The number of hydrogen-bond acceptors (Lipinski definition) is 4. The van der Waals surface area contributed by atoms with Crippen molar-refractivity contribution in [3.8, 4) is 0 Å². The van der Waals surface area contributed by atoms with Crippen molar-refractivity contribution in [3.63, 3.8) is 0 Å². The molecule has 0 aromatic rings. The smallest absolute Gasteiger partial charge is 0.353 e. The molecule has 4 heteroatoms. The number of ether oxygens (including phenoxy) is 1. The van der Waals surface area contributed by atoms with E-state index in [0.29, 0.717) is 6.54 Å². The zero-order chi connectivity index (χ0) is 10.7. The van der Waals surface area contributed by atoms with Gasteiger partial charge in [0.25, 0.3) is 0 Å². The van der Waals surface area contributed by atoms with Crippen molar-refractivity contribution < 1.29 is 14.6 Å². The zero-order valence-corrected chi connectivity index (χ0v) is 8.97. The van der Waals surface area contributed by atoms with Crippen LogP contribution in [0, 0.1) is 0 Å². The Morgan fingerprint density at radius 3 is 2.15 bits per heavy atom. The summed E-state index contributed by atoms with van der Waals surface area (Å²) in [6, 6.07) is 0. The maximum Gasteiger partial charge on any atom is 0.353 e. The second-order valence-electron chi connectivity index (χ2n) is 4.10. The van der Waals surface area contributed by atoms with Gasteiger partial charge in [0.1, 0.15) is 5.60 Å². The highest BCUT2D eigenvalue weighted by atomic mass is 16.6. The van der Waals surface area contributed by atoms with Crippen LogP contribution in [0.15, 0.2) is 0 Å². The molecule has 0 aromatic heterocycles. The minimum absolute atomic E-state index is 0.506. The first-order chi connectivity index (χ1) is 5.69. The van der Waals surface area contributed by atoms with E-state index in [4.69, 9.17) is 4.74 Å². The number of likely N-dealkylation sites (N-methyl/N-ethyl adjacent to an activating group) is 1. The summed E-state index contributed by atoms with van der Waals surface area (Å²) in [6.45, 7) is 8.96. The Balaban J connectivity index is 4.25. The van der Waals surface area contributed by atoms with E-state index in [2.05, 4.69) is 5.32 Å². The molecule has 0 amide bonds. The number of aliphatic hydroxyl groups is 1. The Labute approximate surface area is 79.3 Å². The van der Waals surface area contributed by atoms with Crippen molar-refractivity contribution in [1.82, 2.24) is 5.32 Å². The third kappa shape index (κ3) is 4.85. The number of rotatable bonds is 3. The third-order valence-corrected chi connectivity index (χ3v) is 1.32. The monoisotopic (exact) mass is 189 g/mol. The topological polar surface area (TPSA) is 58.6 Å². The molecule has 0 bridgehead atoms. The van der Waals surface area contributed by atoms with Crippen LogP contribution < -0.4 is 5.32 Å². The van der Waals surface area contributed by atoms with Crippen LogP contribution in [0.25, 0.3) is 0 Å². The predicted octanol–water partition coefficient (Wildman–Crippen LogP) is 0.646. The van der Waals surface area contributed by atoms with E-state index in [9.17, 15) is 9.90 Å². The second kappa shape index (κ2) is 4.07. The van der Waals surface area contributed by atoms with Gasteiger partial charge in [0.05, 0.1) is 0 Å². The molecule has 0 heterocycles. The SMILES string of the molecule is CCNC(C)(O)C(=O)OC(C)(C)C. The minimum atomic E-state index is -1.60. The van der Waals surface area contributed by atoms with Gasteiger partial charge in [0, 0.05) is 0 Å². The summed E-state index contributed by atoms with van der Waals surface area (Å²) in [5, 5.41) is 12.2. The largest absolute Gasteiger partial charge is 0.457 e. The minimum Gasteiger partial charge on any atom is -0.457 e. The van der Waals surface area contributed by atoms with Crippen molar-refractivity contribution in [1.29, 1.82) is 0 Å². The van der Waals surface area contributed by atoms with E-state index < -0.39 is 17.3 Å². The second-order valence-corrected chi connectivity index (χ2v) is 4.10. The number of carbonyl (C=O) groups excluding carboxylic acids is 1. The molecule has 13 heavy (non-hydrogen) atoms. The van der Waals surface area contributed by atoms with Gasteiger partial charge < -0.3 is 9.84 Å². The summed E-state index contributed by atoms with van der Waals surface area (Å²) >= 11 is 0. The van der Waals surface area contributed by atoms with Gasteiger partial charge in [-0.3, -0.25) is 5.32 Å². The summed E-state index contributed by atoms with van der Waals surface area (Å²) in [6.07, 6.45) is 0. The average molecular weight is 189 g/mol. The predicted molar refractivity (Wildman–Crippen MR) is 50.1 cm³/mol. The van der Waals surface area contributed by atoms with Gasteiger partial charge >= 0.3 is 5.97 Å². The molecule has 0 saturated heterocycles. The van der Waals surface area contributed by atoms with Crippen LogP contribution in [0.2, 0.25) is 0 Å². The molecular formula is C9H19NO3. The lowest BCUT2D eigenvalue weighted by Gasteiger charge is -2.27. The first-order valence-electron chi connectivity index (χ1n) is 4.40. The fourth-order valence-electron chi connectivity index (χ4n) is 0.794. The first kappa shape index (κ1) is 12.4. The van der Waals surface area contributed by atoms with Gasteiger partial charge in [-0.05, 0) is 34.2 Å². The molecule has 2 N–H and O–H groups in total. The molecule has 1 unspecified atom stereocenters. The quantitative estimate of drug-likeness (QED) is 0.505. The van der Waals surface area contributed by atoms with E-state index in [0.717, 1.165) is 0 Å².